The number of nitrogens with one attached hydrogen (secondary N) is 1. The fourth-order valence-electron chi connectivity index (χ4n) is 1.43. The van der Waals surface area contributed by atoms with Crippen molar-refractivity contribution in [1.29, 1.82) is 0 Å². The number of carbonyl (C=O) groups excluding carboxylic acids is 1. The fraction of sp³-hybridized carbons (Fsp3) is 0.273. The number of rotatable bonds is 1. The molecule has 78 valence electrons. The Labute approximate surface area is 88.0 Å². The molecule has 4 nitrogen and oxygen atoms in total. The van der Waals surface area contributed by atoms with Gasteiger partial charge in [0.15, 0.2) is 5.90 Å². The van der Waals surface area contributed by atoms with E-state index in [9.17, 15) is 4.79 Å². The molecule has 15 heavy (non-hydrogen) atoms. The van der Waals surface area contributed by atoms with Crippen LogP contribution < -0.4 is 5.32 Å². The standard InChI is InChI=1S/C11H12N2O2/c1-2-15-11-7-10(14)12-8-5-3-4-6-9(8)13-11/h3-6H,2,7H2,1H3,(H,12,14). The number of aliphatic imine (C=N–C) groups is 1. The Bertz CT molecular complexity index is 413. The zero-order valence-corrected chi connectivity index (χ0v) is 8.49. The van der Waals surface area contributed by atoms with E-state index in [1.807, 2.05) is 31.2 Å². The third-order valence-corrected chi connectivity index (χ3v) is 2.05. The third kappa shape index (κ3) is 2.15. The van der Waals surface area contributed by atoms with Crippen molar-refractivity contribution in [2.24, 2.45) is 4.99 Å². The molecule has 1 aliphatic heterocycles. The van der Waals surface area contributed by atoms with Crippen molar-refractivity contribution >= 4 is 23.2 Å². The van der Waals surface area contributed by atoms with Crippen LogP contribution in [0.3, 0.4) is 0 Å². The van der Waals surface area contributed by atoms with Crippen LogP contribution in [0.1, 0.15) is 13.3 Å². The summed E-state index contributed by atoms with van der Waals surface area (Å²) in [6.45, 7) is 2.39. The maximum atomic E-state index is 11.5. The maximum Gasteiger partial charge on any atom is 0.233 e. The Balaban J connectivity index is 2.38. The normalized spacial score (nSPS) is 14.7. The molecule has 0 unspecified atom stereocenters. The first kappa shape index (κ1) is 9.71. The van der Waals surface area contributed by atoms with Gasteiger partial charge in [-0.05, 0) is 19.1 Å². The monoisotopic (exact) mass is 204 g/mol. The van der Waals surface area contributed by atoms with E-state index in [1.54, 1.807) is 0 Å². The lowest BCUT2D eigenvalue weighted by molar-refractivity contribution is -0.115. The average Bonchev–Trinajstić information content (AvgIpc) is 2.35. The molecule has 0 fully saturated rings. The first-order valence-electron chi connectivity index (χ1n) is 4.89. The number of nitrogens with zero attached hydrogens (tertiary/aromatic N) is 1. The molecule has 0 radical (unpaired) electrons. The summed E-state index contributed by atoms with van der Waals surface area (Å²) in [4.78, 5) is 15.7. The third-order valence-electron chi connectivity index (χ3n) is 2.05. The smallest absolute Gasteiger partial charge is 0.233 e. The summed E-state index contributed by atoms with van der Waals surface area (Å²) in [5, 5.41) is 2.78. The van der Waals surface area contributed by atoms with Crippen LogP contribution in [0.5, 0.6) is 0 Å². The van der Waals surface area contributed by atoms with Crippen LogP contribution in [-0.4, -0.2) is 18.4 Å². The van der Waals surface area contributed by atoms with Gasteiger partial charge < -0.3 is 10.1 Å². The lowest BCUT2D eigenvalue weighted by Gasteiger charge is -2.02. The Morgan fingerprint density at radius 2 is 2.27 bits per heavy atom. The van der Waals surface area contributed by atoms with Gasteiger partial charge in [-0.1, -0.05) is 12.1 Å². The highest BCUT2D eigenvalue weighted by molar-refractivity contribution is 6.07. The Morgan fingerprint density at radius 3 is 3.07 bits per heavy atom. The zero-order chi connectivity index (χ0) is 10.7. The Morgan fingerprint density at radius 1 is 1.47 bits per heavy atom. The maximum absolute atomic E-state index is 11.5. The van der Waals surface area contributed by atoms with Crippen molar-refractivity contribution in [3.05, 3.63) is 24.3 Å². The minimum absolute atomic E-state index is 0.0906. The number of amides is 1. The van der Waals surface area contributed by atoms with Gasteiger partial charge in [0.1, 0.15) is 6.42 Å². The molecule has 1 aromatic carbocycles. The minimum Gasteiger partial charge on any atom is -0.481 e. The van der Waals surface area contributed by atoms with Crippen molar-refractivity contribution in [2.45, 2.75) is 13.3 Å². The number of benzene rings is 1. The summed E-state index contributed by atoms with van der Waals surface area (Å²) < 4.78 is 5.28. The van der Waals surface area contributed by atoms with Crippen LogP contribution >= 0.6 is 0 Å². The number of ether oxygens (including phenoxy) is 1. The van der Waals surface area contributed by atoms with Crippen LogP contribution in [0.2, 0.25) is 0 Å². The molecule has 1 heterocycles. The van der Waals surface area contributed by atoms with E-state index in [2.05, 4.69) is 10.3 Å². The number of hydrogen-bond acceptors (Lipinski definition) is 3. The van der Waals surface area contributed by atoms with Crippen LogP contribution in [-0.2, 0) is 9.53 Å². The summed E-state index contributed by atoms with van der Waals surface area (Å²) in [5.41, 5.74) is 1.48. The molecule has 0 aromatic heterocycles. The second-order valence-electron chi connectivity index (χ2n) is 3.18. The Hall–Kier alpha value is -1.84. The largest absolute Gasteiger partial charge is 0.481 e. The first-order valence-corrected chi connectivity index (χ1v) is 4.89. The van der Waals surface area contributed by atoms with Crippen LogP contribution in [0, 0.1) is 0 Å². The van der Waals surface area contributed by atoms with Gasteiger partial charge >= 0.3 is 0 Å². The van der Waals surface area contributed by atoms with Gasteiger partial charge in [-0.15, -0.1) is 0 Å². The number of anilines is 1. The molecule has 1 N–H and O–H groups in total. The molecule has 4 heteroatoms. The SMILES string of the molecule is CCOC1=Nc2ccccc2NC(=O)C1. The van der Waals surface area contributed by atoms with Crippen LogP contribution in [0.4, 0.5) is 11.4 Å². The number of hydrogen-bond donors (Lipinski definition) is 1. The molecule has 0 aliphatic carbocycles. The number of para-hydroxylation sites is 2. The molecular weight excluding hydrogens is 192 g/mol. The summed E-state index contributed by atoms with van der Waals surface area (Å²) in [6.07, 6.45) is 0.197. The van der Waals surface area contributed by atoms with Gasteiger partial charge in [-0.2, -0.15) is 0 Å². The molecule has 2 rings (SSSR count). The fourth-order valence-corrected chi connectivity index (χ4v) is 1.43. The van der Waals surface area contributed by atoms with Crippen molar-refractivity contribution in [3.63, 3.8) is 0 Å². The minimum atomic E-state index is -0.0906. The van der Waals surface area contributed by atoms with Crippen molar-refractivity contribution in [2.75, 3.05) is 11.9 Å². The lowest BCUT2D eigenvalue weighted by atomic mass is 10.3. The van der Waals surface area contributed by atoms with Gasteiger partial charge in [-0.3, -0.25) is 4.79 Å². The lowest BCUT2D eigenvalue weighted by Crippen LogP contribution is -2.16. The highest BCUT2D eigenvalue weighted by Crippen LogP contribution is 2.27. The Kier molecular flexibility index (Phi) is 2.67. The summed E-state index contributed by atoms with van der Waals surface area (Å²) in [5.74, 6) is 0.382. The second kappa shape index (κ2) is 4.13. The van der Waals surface area contributed by atoms with E-state index in [1.165, 1.54) is 0 Å². The average molecular weight is 204 g/mol. The first-order chi connectivity index (χ1) is 7.29. The van der Waals surface area contributed by atoms with Crippen LogP contribution in [0.25, 0.3) is 0 Å². The van der Waals surface area contributed by atoms with Gasteiger partial charge in [-0.25, -0.2) is 4.99 Å². The van der Waals surface area contributed by atoms with E-state index in [4.69, 9.17) is 4.74 Å². The topological polar surface area (TPSA) is 50.7 Å². The highest BCUT2D eigenvalue weighted by atomic mass is 16.5. The van der Waals surface area contributed by atoms with Crippen molar-refractivity contribution in [1.82, 2.24) is 0 Å². The molecule has 0 atom stereocenters. The molecular formula is C11H12N2O2. The van der Waals surface area contributed by atoms with E-state index in [-0.39, 0.29) is 12.3 Å². The van der Waals surface area contributed by atoms with Crippen molar-refractivity contribution < 1.29 is 9.53 Å². The molecule has 1 aromatic rings. The molecule has 0 saturated heterocycles. The predicted octanol–water partition coefficient (Wildman–Crippen LogP) is 2.10. The number of fused-ring (bicyclic) bond motifs is 1. The highest BCUT2D eigenvalue weighted by Gasteiger charge is 2.15. The van der Waals surface area contributed by atoms with E-state index in [0.717, 1.165) is 11.4 Å². The molecule has 0 saturated carbocycles. The summed E-state index contributed by atoms with van der Waals surface area (Å²) >= 11 is 0. The van der Waals surface area contributed by atoms with E-state index < -0.39 is 0 Å². The number of carbonyl (C=O) groups is 1. The van der Waals surface area contributed by atoms with Gasteiger partial charge in [0, 0.05) is 0 Å². The van der Waals surface area contributed by atoms with Gasteiger partial charge in [0.05, 0.1) is 18.0 Å². The van der Waals surface area contributed by atoms with E-state index in [0.29, 0.717) is 12.5 Å². The van der Waals surface area contributed by atoms with Gasteiger partial charge in [0.2, 0.25) is 5.91 Å². The van der Waals surface area contributed by atoms with E-state index >= 15 is 0 Å². The van der Waals surface area contributed by atoms with Gasteiger partial charge in [0.25, 0.3) is 0 Å². The quantitative estimate of drug-likeness (QED) is 0.761. The summed E-state index contributed by atoms with van der Waals surface area (Å²) in [7, 11) is 0. The summed E-state index contributed by atoms with van der Waals surface area (Å²) in [6, 6.07) is 7.41. The second-order valence-corrected chi connectivity index (χ2v) is 3.18. The molecule has 1 aliphatic rings. The molecule has 0 spiro atoms. The zero-order valence-electron chi connectivity index (χ0n) is 8.49. The molecule has 0 bridgehead atoms. The predicted molar refractivity (Wildman–Crippen MR) is 58.4 cm³/mol. The molecule has 1 amide bonds. The van der Waals surface area contributed by atoms with Crippen LogP contribution in [0.15, 0.2) is 29.3 Å². The van der Waals surface area contributed by atoms with Crippen molar-refractivity contribution in [3.8, 4) is 0 Å².